The van der Waals surface area contributed by atoms with Crippen molar-refractivity contribution in [1.29, 1.82) is 5.26 Å². The van der Waals surface area contributed by atoms with Crippen molar-refractivity contribution in [2.24, 2.45) is 5.92 Å². The van der Waals surface area contributed by atoms with Gasteiger partial charge >= 0.3 is 0 Å². The molecule has 1 aromatic rings. The third-order valence-corrected chi connectivity index (χ3v) is 3.81. The lowest BCUT2D eigenvalue weighted by Crippen LogP contribution is -2.43. The van der Waals surface area contributed by atoms with E-state index in [1.165, 1.54) is 19.3 Å². The van der Waals surface area contributed by atoms with Crippen molar-refractivity contribution in [3.63, 3.8) is 0 Å². The molecule has 0 aliphatic heterocycles. The van der Waals surface area contributed by atoms with Crippen molar-refractivity contribution in [1.82, 2.24) is 5.32 Å². The minimum absolute atomic E-state index is 0.0229. The standard InChI is InChI=1S/C16H20N2O2/c1-12-4-2-3-5-15(12)18-16(19)11-20-14-8-6-13(10-17)7-9-14/h6-9,12,15H,2-5,11H2,1H3,(H,18,19)/t12-,15+/m1/s1. The maximum atomic E-state index is 11.9. The van der Waals surface area contributed by atoms with Gasteiger partial charge < -0.3 is 10.1 Å². The fourth-order valence-corrected chi connectivity index (χ4v) is 2.55. The van der Waals surface area contributed by atoms with E-state index >= 15 is 0 Å². The summed E-state index contributed by atoms with van der Waals surface area (Å²) in [6, 6.07) is 9.08. The van der Waals surface area contributed by atoms with E-state index in [9.17, 15) is 4.79 Å². The maximum Gasteiger partial charge on any atom is 0.258 e. The van der Waals surface area contributed by atoms with Gasteiger partial charge in [0.1, 0.15) is 5.75 Å². The van der Waals surface area contributed by atoms with Crippen LogP contribution in [0.1, 0.15) is 38.2 Å². The molecule has 2 atom stereocenters. The number of benzene rings is 1. The molecule has 1 fully saturated rings. The van der Waals surface area contributed by atoms with Gasteiger partial charge in [0.15, 0.2) is 6.61 Å². The summed E-state index contributed by atoms with van der Waals surface area (Å²) < 4.78 is 5.42. The number of ether oxygens (including phenoxy) is 1. The zero-order chi connectivity index (χ0) is 14.4. The molecule has 0 heterocycles. The average molecular weight is 272 g/mol. The third-order valence-electron chi connectivity index (χ3n) is 3.81. The van der Waals surface area contributed by atoms with Crippen molar-refractivity contribution >= 4 is 5.91 Å². The first-order valence-electron chi connectivity index (χ1n) is 7.11. The van der Waals surface area contributed by atoms with Gasteiger partial charge in [-0.2, -0.15) is 5.26 Å². The summed E-state index contributed by atoms with van der Waals surface area (Å²) >= 11 is 0. The van der Waals surface area contributed by atoms with Gasteiger partial charge in [-0.25, -0.2) is 0 Å². The summed E-state index contributed by atoms with van der Waals surface area (Å²) in [5.41, 5.74) is 0.581. The van der Waals surface area contributed by atoms with Crippen LogP contribution in [-0.4, -0.2) is 18.6 Å². The zero-order valence-electron chi connectivity index (χ0n) is 11.8. The number of carbonyl (C=O) groups excluding carboxylic acids is 1. The average Bonchev–Trinajstić information content (AvgIpc) is 2.48. The van der Waals surface area contributed by atoms with Crippen LogP contribution in [0.15, 0.2) is 24.3 Å². The Morgan fingerprint density at radius 1 is 1.35 bits per heavy atom. The first-order valence-corrected chi connectivity index (χ1v) is 7.11. The van der Waals surface area contributed by atoms with Crippen LogP contribution >= 0.6 is 0 Å². The molecule has 1 aromatic carbocycles. The highest BCUT2D eigenvalue weighted by molar-refractivity contribution is 5.77. The molecule has 0 bridgehead atoms. The Hall–Kier alpha value is -2.02. The first-order chi connectivity index (χ1) is 9.69. The van der Waals surface area contributed by atoms with Crippen molar-refractivity contribution in [3.8, 4) is 11.8 Å². The lowest BCUT2D eigenvalue weighted by molar-refractivity contribution is -0.124. The van der Waals surface area contributed by atoms with Crippen LogP contribution in [0, 0.1) is 17.2 Å². The molecule has 4 nitrogen and oxygen atoms in total. The first kappa shape index (κ1) is 14.4. The zero-order valence-corrected chi connectivity index (χ0v) is 11.8. The van der Waals surface area contributed by atoms with Gasteiger partial charge in [0, 0.05) is 6.04 Å². The summed E-state index contributed by atoms with van der Waals surface area (Å²) in [6.45, 7) is 2.21. The molecule has 0 spiro atoms. The second kappa shape index (κ2) is 6.95. The molecule has 1 aliphatic rings. The highest BCUT2D eigenvalue weighted by Gasteiger charge is 2.22. The van der Waals surface area contributed by atoms with Crippen LogP contribution in [0.3, 0.4) is 0 Å². The predicted octanol–water partition coefficient (Wildman–Crippen LogP) is 2.63. The van der Waals surface area contributed by atoms with Crippen LogP contribution in [0.5, 0.6) is 5.75 Å². The van der Waals surface area contributed by atoms with E-state index in [4.69, 9.17) is 10.00 Å². The molecule has 1 amide bonds. The summed E-state index contributed by atoms with van der Waals surface area (Å²) in [5, 5.41) is 11.7. The van der Waals surface area contributed by atoms with Crippen LogP contribution in [0.2, 0.25) is 0 Å². The van der Waals surface area contributed by atoms with Crippen LogP contribution < -0.4 is 10.1 Å². The van der Waals surface area contributed by atoms with Crippen LogP contribution in [0.25, 0.3) is 0 Å². The SMILES string of the molecule is C[C@@H]1CCCC[C@@H]1NC(=O)COc1ccc(C#N)cc1. The van der Waals surface area contributed by atoms with Gasteiger partial charge in [-0.1, -0.05) is 19.8 Å². The quantitative estimate of drug-likeness (QED) is 0.916. The highest BCUT2D eigenvalue weighted by atomic mass is 16.5. The number of amides is 1. The molecular formula is C16H20N2O2. The lowest BCUT2D eigenvalue weighted by atomic mass is 9.86. The van der Waals surface area contributed by atoms with E-state index in [1.807, 2.05) is 6.07 Å². The normalized spacial score (nSPS) is 21.8. The summed E-state index contributed by atoms with van der Waals surface area (Å²) in [4.78, 5) is 11.9. The molecule has 0 radical (unpaired) electrons. The third kappa shape index (κ3) is 3.99. The van der Waals surface area contributed by atoms with Crippen molar-refractivity contribution in [2.45, 2.75) is 38.6 Å². The number of rotatable bonds is 4. The molecule has 0 unspecified atom stereocenters. The molecule has 4 heteroatoms. The Kier molecular flexibility index (Phi) is 5.00. The molecule has 2 rings (SSSR count). The molecule has 106 valence electrons. The Labute approximate surface area is 119 Å². The van der Waals surface area contributed by atoms with Gasteiger partial charge in [0.05, 0.1) is 11.6 Å². The predicted molar refractivity (Wildman–Crippen MR) is 76.2 cm³/mol. The molecule has 0 aromatic heterocycles. The molecule has 0 saturated heterocycles. The second-order valence-electron chi connectivity index (χ2n) is 5.36. The van der Waals surface area contributed by atoms with Gasteiger partial charge in [-0.3, -0.25) is 4.79 Å². The van der Waals surface area contributed by atoms with Gasteiger partial charge in [-0.05, 0) is 43.0 Å². The Balaban J connectivity index is 1.78. The lowest BCUT2D eigenvalue weighted by Gasteiger charge is -2.29. The molecular weight excluding hydrogens is 252 g/mol. The van der Waals surface area contributed by atoms with Crippen molar-refractivity contribution in [2.75, 3.05) is 6.61 Å². The highest BCUT2D eigenvalue weighted by Crippen LogP contribution is 2.23. The summed E-state index contributed by atoms with van der Waals surface area (Å²) in [7, 11) is 0. The summed E-state index contributed by atoms with van der Waals surface area (Å²) in [6.07, 6.45) is 4.69. The van der Waals surface area contributed by atoms with Crippen molar-refractivity contribution in [3.05, 3.63) is 29.8 Å². The number of hydrogen-bond acceptors (Lipinski definition) is 3. The van der Waals surface area contributed by atoms with Crippen LogP contribution in [-0.2, 0) is 4.79 Å². The topological polar surface area (TPSA) is 62.1 Å². The molecule has 1 aliphatic carbocycles. The van der Waals surface area contributed by atoms with Gasteiger partial charge in [-0.15, -0.1) is 0 Å². The minimum Gasteiger partial charge on any atom is -0.484 e. The van der Waals surface area contributed by atoms with E-state index in [2.05, 4.69) is 12.2 Å². The van der Waals surface area contributed by atoms with E-state index in [0.29, 0.717) is 17.2 Å². The van der Waals surface area contributed by atoms with E-state index in [-0.39, 0.29) is 18.6 Å². The number of nitrogens with zero attached hydrogens (tertiary/aromatic N) is 1. The van der Waals surface area contributed by atoms with E-state index < -0.39 is 0 Å². The minimum atomic E-state index is -0.0758. The Morgan fingerprint density at radius 3 is 2.70 bits per heavy atom. The Bertz CT molecular complexity index is 490. The number of nitriles is 1. The van der Waals surface area contributed by atoms with Crippen molar-refractivity contribution < 1.29 is 9.53 Å². The Morgan fingerprint density at radius 2 is 2.05 bits per heavy atom. The van der Waals surface area contributed by atoms with E-state index in [0.717, 1.165) is 6.42 Å². The second-order valence-corrected chi connectivity index (χ2v) is 5.36. The largest absolute Gasteiger partial charge is 0.484 e. The molecule has 1 N–H and O–H groups in total. The summed E-state index contributed by atoms with van der Waals surface area (Å²) in [5.74, 6) is 1.08. The molecule has 20 heavy (non-hydrogen) atoms. The smallest absolute Gasteiger partial charge is 0.258 e. The number of carbonyl (C=O) groups is 1. The number of hydrogen-bond donors (Lipinski definition) is 1. The van der Waals surface area contributed by atoms with Crippen LogP contribution in [0.4, 0.5) is 0 Å². The van der Waals surface area contributed by atoms with Gasteiger partial charge in [0.2, 0.25) is 0 Å². The fourth-order valence-electron chi connectivity index (χ4n) is 2.55. The molecule has 1 saturated carbocycles. The monoisotopic (exact) mass is 272 g/mol. The van der Waals surface area contributed by atoms with E-state index in [1.54, 1.807) is 24.3 Å². The maximum absolute atomic E-state index is 11.9. The fraction of sp³-hybridized carbons (Fsp3) is 0.500. The van der Waals surface area contributed by atoms with Gasteiger partial charge in [0.25, 0.3) is 5.91 Å². The number of nitrogens with one attached hydrogen (secondary N) is 1.